The van der Waals surface area contributed by atoms with E-state index in [1.54, 1.807) is 0 Å². The maximum atomic E-state index is 11.9. The zero-order valence-corrected chi connectivity index (χ0v) is 7.99. The minimum absolute atomic E-state index is 0.0618. The van der Waals surface area contributed by atoms with E-state index in [-0.39, 0.29) is 11.7 Å². The zero-order chi connectivity index (χ0) is 10.2. The van der Waals surface area contributed by atoms with Crippen LogP contribution in [0.2, 0.25) is 0 Å². The van der Waals surface area contributed by atoms with Crippen molar-refractivity contribution in [3.63, 3.8) is 0 Å². The molecule has 0 atom stereocenters. The number of ketones is 1. The summed E-state index contributed by atoms with van der Waals surface area (Å²) >= 11 is 0. The number of rotatable bonds is 3. The van der Waals surface area contributed by atoms with Gasteiger partial charge in [-0.3, -0.25) is 9.59 Å². The molecular weight excluding hydrogens is 184 g/mol. The topological polar surface area (TPSA) is 63.6 Å². The fourth-order valence-corrected chi connectivity index (χ4v) is 2.04. The van der Waals surface area contributed by atoms with Crippen LogP contribution in [-0.4, -0.2) is 30.1 Å². The highest BCUT2D eigenvalue weighted by molar-refractivity contribution is 6.06. The molecule has 4 heteroatoms. The number of carbonyl (C=O) groups excluding carboxylic acids is 1. The van der Waals surface area contributed by atoms with Gasteiger partial charge in [0.1, 0.15) is 5.41 Å². The predicted octanol–water partition coefficient (Wildman–Crippen LogP) is 0.847. The Morgan fingerprint density at radius 3 is 2.21 bits per heavy atom. The van der Waals surface area contributed by atoms with Crippen molar-refractivity contribution in [3.8, 4) is 0 Å². The Bertz CT molecular complexity index is 261. The van der Waals surface area contributed by atoms with E-state index in [1.807, 2.05) is 0 Å². The second-order valence-corrected chi connectivity index (χ2v) is 4.14. The molecule has 1 N–H and O–H groups in total. The van der Waals surface area contributed by atoms with E-state index in [9.17, 15) is 9.59 Å². The molecule has 2 aliphatic rings. The van der Waals surface area contributed by atoms with Crippen LogP contribution in [0.5, 0.6) is 0 Å². The molecule has 2 fully saturated rings. The van der Waals surface area contributed by atoms with Gasteiger partial charge in [0.05, 0.1) is 0 Å². The number of carboxylic acid groups (broad SMARTS) is 1. The smallest absolute Gasteiger partial charge is 0.317 e. The second kappa shape index (κ2) is 3.35. The molecule has 1 saturated carbocycles. The van der Waals surface area contributed by atoms with Gasteiger partial charge in [-0.25, -0.2) is 0 Å². The third-order valence-electron chi connectivity index (χ3n) is 3.22. The van der Waals surface area contributed by atoms with E-state index in [0.29, 0.717) is 38.9 Å². The van der Waals surface area contributed by atoms with E-state index in [1.165, 1.54) is 0 Å². The van der Waals surface area contributed by atoms with E-state index in [0.717, 1.165) is 0 Å². The van der Waals surface area contributed by atoms with Crippen LogP contribution in [0, 0.1) is 11.3 Å². The maximum absolute atomic E-state index is 11.9. The molecule has 0 aromatic heterocycles. The summed E-state index contributed by atoms with van der Waals surface area (Å²) in [6, 6.07) is 0. The number of carbonyl (C=O) groups is 2. The minimum atomic E-state index is -1.01. The molecule has 0 aromatic carbocycles. The van der Waals surface area contributed by atoms with Crippen LogP contribution in [0.1, 0.15) is 25.7 Å². The molecule has 0 unspecified atom stereocenters. The molecule has 1 aliphatic heterocycles. The van der Waals surface area contributed by atoms with Crippen LogP contribution in [0.15, 0.2) is 0 Å². The maximum Gasteiger partial charge on any atom is 0.317 e. The first-order valence-corrected chi connectivity index (χ1v) is 5.02. The molecule has 2 rings (SSSR count). The largest absolute Gasteiger partial charge is 0.480 e. The average molecular weight is 198 g/mol. The Labute approximate surface area is 82.2 Å². The number of hydrogen-bond donors (Lipinski definition) is 1. The lowest BCUT2D eigenvalue weighted by atomic mass is 9.85. The molecule has 4 nitrogen and oxygen atoms in total. The third kappa shape index (κ3) is 1.43. The first-order valence-electron chi connectivity index (χ1n) is 5.02. The summed E-state index contributed by atoms with van der Waals surface area (Å²) in [4.78, 5) is 22.8. The van der Waals surface area contributed by atoms with Gasteiger partial charge in [-0.15, -0.1) is 0 Å². The molecule has 1 heterocycles. The Morgan fingerprint density at radius 2 is 1.79 bits per heavy atom. The van der Waals surface area contributed by atoms with Gasteiger partial charge in [-0.05, 0) is 25.7 Å². The Morgan fingerprint density at radius 1 is 1.21 bits per heavy atom. The summed E-state index contributed by atoms with van der Waals surface area (Å²) in [5.41, 5.74) is -1.01. The van der Waals surface area contributed by atoms with E-state index < -0.39 is 11.4 Å². The van der Waals surface area contributed by atoms with Crippen LogP contribution in [-0.2, 0) is 14.3 Å². The molecule has 0 amide bonds. The number of aliphatic carboxylic acids is 1. The van der Waals surface area contributed by atoms with Crippen molar-refractivity contribution in [2.24, 2.45) is 11.3 Å². The summed E-state index contributed by atoms with van der Waals surface area (Å²) in [5, 5.41) is 8.95. The average Bonchev–Trinajstić information content (AvgIpc) is 2.99. The van der Waals surface area contributed by atoms with E-state index in [4.69, 9.17) is 9.84 Å². The molecule has 0 bridgehead atoms. The van der Waals surface area contributed by atoms with Crippen LogP contribution in [0.3, 0.4) is 0 Å². The molecule has 78 valence electrons. The fourth-order valence-electron chi connectivity index (χ4n) is 2.04. The van der Waals surface area contributed by atoms with Crippen LogP contribution >= 0.6 is 0 Å². The predicted molar refractivity (Wildman–Crippen MR) is 47.9 cm³/mol. The second-order valence-electron chi connectivity index (χ2n) is 4.14. The van der Waals surface area contributed by atoms with Gasteiger partial charge in [0.15, 0.2) is 5.78 Å². The van der Waals surface area contributed by atoms with Gasteiger partial charge >= 0.3 is 5.97 Å². The Kier molecular flexibility index (Phi) is 2.31. The summed E-state index contributed by atoms with van der Waals surface area (Å²) in [5.74, 6) is -1.08. The van der Waals surface area contributed by atoms with Crippen LogP contribution < -0.4 is 0 Å². The lowest BCUT2D eigenvalue weighted by Crippen LogP contribution is -2.34. The van der Waals surface area contributed by atoms with Crippen molar-refractivity contribution in [1.82, 2.24) is 0 Å². The van der Waals surface area contributed by atoms with Crippen molar-refractivity contribution in [2.75, 3.05) is 13.2 Å². The van der Waals surface area contributed by atoms with Gasteiger partial charge < -0.3 is 9.84 Å². The summed E-state index contributed by atoms with van der Waals surface area (Å²) in [7, 11) is 0. The van der Waals surface area contributed by atoms with Gasteiger partial charge in [0, 0.05) is 19.1 Å². The van der Waals surface area contributed by atoms with Crippen LogP contribution in [0.4, 0.5) is 0 Å². The molecule has 1 saturated heterocycles. The summed E-state index contributed by atoms with van der Waals surface area (Å²) in [6.45, 7) is 1.18. The van der Waals surface area contributed by atoms with Crippen molar-refractivity contribution < 1.29 is 19.4 Å². The molecule has 0 spiro atoms. The molecule has 0 radical (unpaired) electrons. The van der Waals surface area contributed by atoms with Gasteiger partial charge in [-0.2, -0.15) is 0 Å². The Balaban J connectivity index is 2.04. The van der Waals surface area contributed by atoms with Crippen molar-refractivity contribution in [1.29, 1.82) is 0 Å². The number of Topliss-reactive ketones (excluding diaryl/α,β-unsaturated/α-hetero) is 1. The highest BCUT2D eigenvalue weighted by Crippen LogP contribution is 2.49. The Hall–Kier alpha value is -0.900. The lowest BCUT2D eigenvalue weighted by Gasteiger charge is -2.23. The van der Waals surface area contributed by atoms with Crippen molar-refractivity contribution in [2.45, 2.75) is 25.7 Å². The third-order valence-corrected chi connectivity index (χ3v) is 3.22. The monoisotopic (exact) mass is 198 g/mol. The van der Waals surface area contributed by atoms with Crippen LogP contribution in [0.25, 0.3) is 0 Å². The highest BCUT2D eigenvalue weighted by atomic mass is 16.5. The summed E-state index contributed by atoms with van der Waals surface area (Å²) in [6.07, 6.45) is 2.43. The standard InChI is InChI=1S/C10H14O4/c11-8(7-1-5-14-6-2-7)10(3-4-10)9(12)13/h7H,1-6H2,(H,12,13). The first kappa shape index (κ1) is 9.65. The van der Waals surface area contributed by atoms with Crippen molar-refractivity contribution in [3.05, 3.63) is 0 Å². The molecule has 1 aliphatic carbocycles. The first-order chi connectivity index (χ1) is 6.67. The van der Waals surface area contributed by atoms with E-state index >= 15 is 0 Å². The molecule has 0 aromatic rings. The minimum Gasteiger partial charge on any atom is -0.480 e. The van der Waals surface area contributed by atoms with Gasteiger partial charge in [0.25, 0.3) is 0 Å². The molecular formula is C10H14O4. The number of hydrogen-bond acceptors (Lipinski definition) is 3. The SMILES string of the molecule is O=C(O)C1(C(=O)C2CCOCC2)CC1. The van der Waals surface area contributed by atoms with Gasteiger partial charge in [-0.1, -0.05) is 0 Å². The highest BCUT2D eigenvalue weighted by Gasteiger charge is 2.58. The quantitative estimate of drug-likeness (QED) is 0.683. The summed E-state index contributed by atoms with van der Waals surface area (Å²) < 4.78 is 5.14. The van der Waals surface area contributed by atoms with E-state index in [2.05, 4.69) is 0 Å². The lowest BCUT2D eigenvalue weighted by molar-refractivity contribution is -0.150. The van der Waals surface area contributed by atoms with Crippen molar-refractivity contribution >= 4 is 11.8 Å². The zero-order valence-electron chi connectivity index (χ0n) is 7.99. The number of ether oxygens (including phenoxy) is 1. The van der Waals surface area contributed by atoms with Gasteiger partial charge in [0.2, 0.25) is 0 Å². The number of carboxylic acids is 1. The fraction of sp³-hybridized carbons (Fsp3) is 0.800. The normalized spacial score (nSPS) is 25.7. The molecule has 14 heavy (non-hydrogen) atoms.